The van der Waals surface area contributed by atoms with Crippen molar-refractivity contribution in [2.75, 3.05) is 25.1 Å². The van der Waals surface area contributed by atoms with E-state index in [4.69, 9.17) is 5.73 Å². The van der Waals surface area contributed by atoms with Gasteiger partial charge in [0.05, 0.1) is 41.1 Å². The van der Waals surface area contributed by atoms with Crippen LogP contribution in [0.3, 0.4) is 0 Å². The lowest BCUT2D eigenvalue weighted by Gasteiger charge is -2.31. The summed E-state index contributed by atoms with van der Waals surface area (Å²) in [5, 5.41) is 0. The highest BCUT2D eigenvalue weighted by atomic mass is 32.2. The van der Waals surface area contributed by atoms with Gasteiger partial charge in [-0.05, 0) is 31.0 Å². The molecule has 1 saturated heterocycles. The van der Waals surface area contributed by atoms with Crippen LogP contribution in [0.25, 0.3) is 33.3 Å². The first-order valence-electron chi connectivity index (χ1n) is 10.4. The van der Waals surface area contributed by atoms with Gasteiger partial charge in [-0.3, -0.25) is 4.98 Å². The summed E-state index contributed by atoms with van der Waals surface area (Å²) >= 11 is 0. The number of hydrogen-bond acceptors (Lipinski definition) is 7. The van der Waals surface area contributed by atoms with Crippen molar-refractivity contribution < 1.29 is 21.6 Å². The molecule has 0 saturated carbocycles. The average Bonchev–Trinajstić information content (AvgIpc) is 3.22. The summed E-state index contributed by atoms with van der Waals surface area (Å²) in [4.78, 5) is 17.1. The Hall–Kier alpha value is -3.32. The zero-order valence-electron chi connectivity index (χ0n) is 18.0. The molecular weight excluding hydrogens is 471 g/mol. The van der Waals surface area contributed by atoms with Gasteiger partial charge in [-0.25, -0.2) is 27.7 Å². The molecule has 0 aromatic carbocycles. The predicted molar refractivity (Wildman–Crippen MR) is 120 cm³/mol. The Morgan fingerprint density at radius 2 is 1.79 bits per heavy atom. The number of rotatable bonds is 3. The quantitative estimate of drug-likeness (QED) is 0.467. The minimum Gasteiger partial charge on any atom is -0.383 e. The highest BCUT2D eigenvalue weighted by Gasteiger charge is 2.34. The van der Waals surface area contributed by atoms with Gasteiger partial charge in [0.2, 0.25) is 10.0 Å². The van der Waals surface area contributed by atoms with Gasteiger partial charge in [-0.1, -0.05) is 0 Å². The standard InChI is InChI=1S/C21H20F3N7O2S/c1-34(32,33)30-6-4-13(5-7-30)31-11-28-17-10-26-16-3-2-15(29-18(16)19(17)31)12-8-14(21(22,23)24)20(25)27-9-12/h2-3,8-11,13H,4-7H2,1H3,(H2,25,27). The van der Waals surface area contributed by atoms with E-state index in [0.29, 0.717) is 53.7 Å². The first-order chi connectivity index (χ1) is 16.0. The number of aromatic nitrogens is 5. The van der Waals surface area contributed by atoms with E-state index in [-0.39, 0.29) is 11.6 Å². The number of alkyl halides is 3. The second-order valence-corrected chi connectivity index (χ2v) is 10.2. The monoisotopic (exact) mass is 491 g/mol. The van der Waals surface area contributed by atoms with Crippen molar-refractivity contribution in [2.24, 2.45) is 0 Å². The van der Waals surface area contributed by atoms with Crippen LogP contribution in [-0.2, 0) is 16.2 Å². The Balaban J connectivity index is 1.59. The van der Waals surface area contributed by atoms with Crippen molar-refractivity contribution in [3.63, 3.8) is 0 Å². The van der Waals surface area contributed by atoms with E-state index in [0.717, 1.165) is 6.07 Å². The fraction of sp³-hybridized carbons (Fsp3) is 0.333. The van der Waals surface area contributed by atoms with Crippen molar-refractivity contribution in [3.05, 3.63) is 42.5 Å². The van der Waals surface area contributed by atoms with Gasteiger partial charge in [0, 0.05) is 30.9 Å². The summed E-state index contributed by atoms with van der Waals surface area (Å²) in [6.45, 7) is 0.782. The molecule has 13 heteroatoms. The molecule has 5 rings (SSSR count). The second kappa shape index (κ2) is 7.87. The molecule has 178 valence electrons. The van der Waals surface area contributed by atoms with Crippen molar-refractivity contribution in [3.8, 4) is 11.3 Å². The number of pyridine rings is 3. The lowest BCUT2D eigenvalue weighted by atomic mass is 10.1. The number of anilines is 1. The second-order valence-electron chi connectivity index (χ2n) is 8.26. The van der Waals surface area contributed by atoms with Gasteiger partial charge in [0.25, 0.3) is 0 Å². The summed E-state index contributed by atoms with van der Waals surface area (Å²) < 4.78 is 67.1. The van der Waals surface area contributed by atoms with Gasteiger partial charge < -0.3 is 10.3 Å². The first kappa shape index (κ1) is 22.5. The molecule has 0 aliphatic carbocycles. The van der Waals surface area contributed by atoms with E-state index >= 15 is 0 Å². The van der Waals surface area contributed by atoms with Crippen LogP contribution >= 0.6 is 0 Å². The van der Waals surface area contributed by atoms with Crippen LogP contribution in [0.15, 0.2) is 36.9 Å². The Morgan fingerprint density at radius 1 is 1.06 bits per heavy atom. The predicted octanol–water partition coefficient (Wildman–Crippen LogP) is 3.24. The van der Waals surface area contributed by atoms with E-state index in [1.54, 1.807) is 24.7 Å². The van der Waals surface area contributed by atoms with Gasteiger partial charge >= 0.3 is 6.18 Å². The largest absolute Gasteiger partial charge is 0.419 e. The number of imidazole rings is 1. The lowest BCUT2D eigenvalue weighted by molar-refractivity contribution is -0.137. The Bertz CT molecular complexity index is 1510. The molecule has 1 aliphatic heterocycles. The van der Waals surface area contributed by atoms with E-state index in [1.165, 1.54) is 16.8 Å². The van der Waals surface area contributed by atoms with Gasteiger partial charge in [-0.2, -0.15) is 13.2 Å². The zero-order chi connectivity index (χ0) is 24.3. The molecule has 2 N–H and O–H groups in total. The summed E-state index contributed by atoms with van der Waals surface area (Å²) in [7, 11) is -3.26. The molecule has 0 bridgehead atoms. The Kier molecular flexibility index (Phi) is 5.20. The van der Waals surface area contributed by atoms with Crippen LogP contribution < -0.4 is 5.73 Å². The molecule has 4 aromatic heterocycles. The third-order valence-corrected chi connectivity index (χ3v) is 7.35. The minimum absolute atomic E-state index is 0.00548. The van der Waals surface area contributed by atoms with Crippen molar-refractivity contribution >= 4 is 37.9 Å². The molecule has 4 aromatic rings. The molecule has 9 nitrogen and oxygen atoms in total. The molecular formula is C21H20F3N7O2S. The highest BCUT2D eigenvalue weighted by Crippen LogP contribution is 2.36. The molecule has 0 spiro atoms. The molecule has 0 amide bonds. The fourth-order valence-electron chi connectivity index (χ4n) is 4.31. The smallest absolute Gasteiger partial charge is 0.383 e. The number of hydrogen-bond donors (Lipinski definition) is 1. The van der Waals surface area contributed by atoms with E-state index in [2.05, 4.69) is 19.9 Å². The van der Waals surface area contributed by atoms with Crippen LogP contribution in [0, 0.1) is 0 Å². The zero-order valence-corrected chi connectivity index (χ0v) is 18.8. The van der Waals surface area contributed by atoms with Gasteiger partial charge in [0.1, 0.15) is 16.9 Å². The third-order valence-electron chi connectivity index (χ3n) is 6.05. The van der Waals surface area contributed by atoms with Crippen LogP contribution in [0.4, 0.5) is 19.0 Å². The molecule has 34 heavy (non-hydrogen) atoms. The van der Waals surface area contributed by atoms with Crippen LogP contribution in [0.2, 0.25) is 0 Å². The van der Waals surface area contributed by atoms with Crippen LogP contribution in [-0.4, -0.2) is 56.6 Å². The number of halogens is 3. The lowest BCUT2D eigenvalue weighted by Crippen LogP contribution is -2.38. The van der Waals surface area contributed by atoms with Crippen molar-refractivity contribution in [1.29, 1.82) is 0 Å². The first-order valence-corrected chi connectivity index (χ1v) is 12.3. The summed E-state index contributed by atoms with van der Waals surface area (Å²) in [5.41, 5.74) is 7.21. The van der Waals surface area contributed by atoms with Gasteiger partial charge in [-0.15, -0.1) is 0 Å². The Morgan fingerprint density at radius 3 is 2.47 bits per heavy atom. The molecule has 5 heterocycles. The molecule has 1 aliphatic rings. The van der Waals surface area contributed by atoms with Crippen LogP contribution in [0.1, 0.15) is 24.4 Å². The van der Waals surface area contributed by atoms with Crippen molar-refractivity contribution in [1.82, 2.24) is 28.8 Å². The maximum atomic E-state index is 13.3. The number of nitrogen functional groups attached to an aromatic ring is 1. The Labute approximate surface area is 192 Å². The molecule has 1 fully saturated rings. The average molecular weight is 491 g/mol. The normalized spacial score (nSPS) is 16.5. The van der Waals surface area contributed by atoms with Crippen molar-refractivity contribution in [2.45, 2.75) is 25.1 Å². The number of nitrogens with two attached hydrogens (primary N) is 1. The topological polar surface area (TPSA) is 120 Å². The fourth-order valence-corrected chi connectivity index (χ4v) is 5.18. The van der Waals surface area contributed by atoms with E-state index in [1.807, 2.05) is 4.57 Å². The third kappa shape index (κ3) is 3.94. The highest BCUT2D eigenvalue weighted by molar-refractivity contribution is 7.88. The maximum absolute atomic E-state index is 13.3. The SMILES string of the molecule is CS(=O)(=O)N1CCC(n2cnc3cnc4ccc(-c5cnc(N)c(C(F)(F)F)c5)nc4c32)CC1. The van der Waals surface area contributed by atoms with E-state index < -0.39 is 27.6 Å². The van der Waals surface area contributed by atoms with E-state index in [9.17, 15) is 21.6 Å². The summed E-state index contributed by atoms with van der Waals surface area (Å²) in [6, 6.07) is 4.20. The van der Waals surface area contributed by atoms with Gasteiger partial charge in [0.15, 0.2) is 0 Å². The minimum atomic E-state index is -4.64. The summed E-state index contributed by atoms with van der Waals surface area (Å²) in [6.07, 6.45) is 2.29. The maximum Gasteiger partial charge on any atom is 0.419 e. The molecule has 0 radical (unpaired) electrons. The number of nitrogens with zero attached hydrogens (tertiary/aromatic N) is 6. The number of fused-ring (bicyclic) bond motifs is 3. The van der Waals surface area contributed by atoms with Crippen LogP contribution in [0.5, 0.6) is 0 Å². The number of sulfonamides is 1. The molecule has 0 atom stereocenters. The molecule has 0 unspecified atom stereocenters. The summed E-state index contributed by atoms with van der Waals surface area (Å²) in [5.74, 6) is -0.598. The number of piperidine rings is 1.